The molecule has 1 fully saturated rings. The largest absolute Gasteiger partial charge is 0.337 e. The molecule has 6 nitrogen and oxygen atoms in total. The van der Waals surface area contributed by atoms with Gasteiger partial charge < -0.3 is 4.90 Å². The number of rotatable bonds is 1. The molecule has 78 valence electrons. The number of nitriles is 1. The van der Waals surface area contributed by atoms with Gasteiger partial charge in [-0.2, -0.15) is 20.7 Å². The summed E-state index contributed by atoms with van der Waals surface area (Å²) in [5.41, 5.74) is 0.338. The summed E-state index contributed by atoms with van der Waals surface area (Å²) >= 11 is 0. The van der Waals surface area contributed by atoms with E-state index in [1.54, 1.807) is 4.90 Å². The number of carbonyl (C=O) groups is 1. The first-order chi connectivity index (χ1) is 7.31. The van der Waals surface area contributed by atoms with Crippen molar-refractivity contribution in [2.24, 2.45) is 5.92 Å². The molecule has 0 aromatic carbocycles. The van der Waals surface area contributed by atoms with Gasteiger partial charge in [-0.25, -0.2) is 0 Å². The van der Waals surface area contributed by atoms with Gasteiger partial charge in [-0.3, -0.25) is 4.79 Å². The van der Waals surface area contributed by atoms with Crippen LogP contribution in [0, 0.1) is 17.2 Å². The molecule has 2 heterocycles. The van der Waals surface area contributed by atoms with Crippen molar-refractivity contribution in [2.45, 2.75) is 12.8 Å². The van der Waals surface area contributed by atoms with Gasteiger partial charge in [0, 0.05) is 19.0 Å². The summed E-state index contributed by atoms with van der Waals surface area (Å²) < 4.78 is 0. The van der Waals surface area contributed by atoms with Gasteiger partial charge in [0.1, 0.15) is 0 Å². The van der Waals surface area contributed by atoms with Crippen LogP contribution in [-0.2, 0) is 0 Å². The molecule has 0 radical (unpaired) electrons. The van der Waals surface area contributed by atoms with E-state index in [0.717, 1.165) is 12.8 Å². The second-order valence-electron chi connectivity index (χ2n) is 3.55. The molecule has 1 aliphatic heterocycles. The van der Waals surface area contributed by atoms with Crippen LogP contribution in [0.3, 0.4) is 0 Å². The molecule has 0 atom stereocenters. The zero-order valence-electron chi connectivity index (χ0n) is 8.18. The van der Waals surface area contributed by atoms with E-state index in [-0.39, 0.29) is 11.8 Å². The number of hydrogen-bond acceptors (Lipinski definition) is 4. The van der Waals surface area contributed by atoms with Crippen molar-refractivity contribution in [1.82, 2.24) is 20.3 Å². The minimum Gasteiger partial charge on any atom is -0.337 e. The van der Waals surface area contributed by atoms with E-state index in [1.165, 1.54) is 6.20 Å². The van der Waals surface area contributed by atoms with E-state index in [2.05, 4.69) is 21.5 Å². The Morgan fingerprint density at radius 1 is 1.60 bits per heavy atom. The van der Waals surface area contributed by atoms with Crippen LogP contribution in [0.15, 0.2) is 6.20 Å². The van der Waals surface area contributed by atoms with Crippen molar-refractivity contribution in [3.05, 3.63) is 11.9 Å². The highest BCUT2D eigenvalue weighted by Crippen LogP contribution is 2.17. The molecule has 6 heteroatoms. The molecule has 0 unspecified atom stereocenters. The quantitative estimate of drug-likeness (QED) is 0.708. The van der Waals surface area contributed by atoms with E-state index in [9.17, 15) is 4.79 Å². The fraction of sp³-hybridized carbons (Fsp3) is 0.556. The van der Waals surface area contributed by atoms with Crippen LogP contribution in [0.2, 0.25) is 0 Å². The molecular weight excluding hydrogens is 194 g/mol. The Hall–Kier alpha value is -1.90. The summed E-state index contributed by atoms with van der Waals surface area (Å²) in [6, 6.07) is 2.23. The summed E-state index contributed by atoms with van der Waals surface area (Å²) in [6.45, 7) is 1.26. The smallest absolute Gasteiger partial charge is 0.276 e. The highest BCUT2D eigenvalue weighted by molar-refractivity contribution is 5.91. The lowest BCUT2D eigenvalue weighted by Gasteiger charge is -2.28. The van der Waals surface area contributed by atoms with Gasteiger partial charge in [-0.1, -0.05) is 0 Å². The number of piperidine rings is 1. The summed E-state index contributed by atoms with van der Waals surface area (Å²) in [7, 11) is 0. The van der Waals surface area contributed by atoms with Gasteiger partial charge >= 0.3 is 0 Å². The van der Waals surface area contributed by atoms with E-state index in [0.29, 0.717) is 18.8 Å². The molecule has 1 N–H and O–H groups in total. The number of aromatic nitrogens is 3. The average Bonchev–Trinajstić information content (AvgIpc) is 2.82. The molecule has 0 spiro atoms. The van der Waals surface area contributed by atoms with Gasteiger partial charge in [0.15, 0.2) is 5.69 Å². The average molecular weight is 205 g/mol. The fourth-order valence-corrected chi connectivity index (χ4v) is 1.68. The highest BCUT2D eigenvalue weighted by atomic mass is 16.2. The summed E-state index contributed by atoms with van der Waals surface area (Å²) in [5.74, 6) is -0.0218. The number of carbonyl (C=O) groups excluding carboxylic acids is 1. The molecule has 0 aliphatic carbocycles. The van der Waals surface area contributed by atoms with Crippen molar-refractivity contribution in [1.29, 1.82) is 5.26 Å². The number of amides is 1. The van der Waals surface area contributed by atoms with Gasteiger partial charge in [0.05, 0.1) is 12.3 Å². The number of likely N-dealkylation sites (tertiary alicyclic amines) is 1. The molecular formula is C9H11N5O. The topological polar surface area (TPSA) is 85.7 Å². The molecule has 0 saturated carbocycles. The number of H-pyrrole nitrogens is 1. The Morgan fingerprint density at radius 3 is 2.87 bits per heavy atom. The van der Waals surface area contributed by atoms with E-state index >= 15 is 0 Å². The Bertz CT molecular complexity index is 372. The van der Waals surface area contributed by atoms with Crippen LogP contribution >= 0.6 is 0 Å². The molecule has 0 bridgehead atoms. The lowest BCUT2D eigenvalue weighted by molar-refractivity contribution is 0.0701. The Morgan fingerprint density at radius 2 is 2.33 bits per heavy atom. The van der Waals surface area contributed by atoms with E-state index in [1.807, 2.05) is 0 Å². The third-order valence-corrected chi connectivity index (χ3v) is 2.60. The standard InChI is InChI=1S/C9H11N5O/c10-5-7-1-3-14(4-2-7)9(15)8-6-11-13-12-8/h6-7H,1-4H2,(H,11,12,13). The van der Waals surface area contributed by atoms with Gasteiger partial charge in [0.2, 0.25) is 0 Å². The zero-order chi connectivity index (χ0) is 10.7. The number of aromatic amines is 1. The first-order valence-electron chi connectivity index (χ1n) is 4.86. The van der Waals surface area contributed by atoms with Crippen molar-refractivity contribution >= 4 is 5.91 Å². The van der Waals surface area contributed by atoms with Crippen molar-refractivity contribution in [2.75, 3.05) is 13.1 Å². The minimum absolute atomic E-state index is 0.0892. The maximum absolute atomic E-state index is 11.8. The van der Waals surface area contributed by atoms with Crippen LogP contribution in [0.25, 0.3) is 0 Å². The SMILES string of the molecule is N#CC1CCN(C(=O)c2cn[nH]n2)CC1. The Balaban J connectivity index is 1.97. The lowest BCUT2D eigenvalue weighted by Crippen LogP contribution is -2.38. The molecule has 15 heavy (non-hydrogen) atoms. The number of hydrogen-bond donors (Lipinski definition) is 1. The minimum atomic E-state index is -0.111. The summed E-state index contributed by atoms with van der Waals surface area (Å²) in [4.78, 5) is 13.5. The molecule has 1 amide bonds. The van der Waals surface area contributed by atoms with Gasteiger partial charge in [-0.05, 0) is 12.8 Å². The summed E-state index contributed by atoms with van der Waals surface area (Å²) in [6.07, 6.45) is 2.92. The van der Waals surface area contributed by atoms with Crippen molar-refractivity contribution in [3.8, 4) is 6.07 Å². The lowest BCUT2D eigenvalue weighted by atomic mass is 9.98. The van der Waals surface area contributed by atoms with Crippen LogP contribution in [0.4, 0.5) is 0 Å². The predicted molar refractivity (Wildman–Crippen MR) is 50.6 cm³/mol. The molecule has 1 aromatic heterocycles. The predicted octanol–water partition coefficient (Wildman–Crippen LogP) is 0.180. The molecule has 2 rings (SSSR count). The Labute approximate surface area is 86.9 Å². The highest BCUT2D eigenvalue weighted by Gasteiger charge is 2.24. The van der Waals surface area contributed by atoms with E-state index in [4.69, 9.17) is 5.26 Å². The molecule has 1 aromatic rings. The number of nitrogens with one attached hydrogen (secondary N) is 1. The van der Waals surface area contributed by atoms with Gasteiger partial charge in [-0.15, -0.1) is 0 Å². The molecule has 1 saturated heterocycles. The molecule has 1 aliphatic rings. The first-order valence-corrected chi connectivity index (χ1v) is 4.86. The Kier molecular flexibility index (Phi) is 2.63. The van der Waals surface area contributed by atoms with Crippen molar-refractivity contribution in [3.63, 3.8) is 0 Å². The maximum atomic E-state index is 11.8. The normalized spacial score (nSPS) is 17.4. The van der Waals surface area contributed by atoms with Crippen LogP contribution < -0.4 is 0 Å². The summed E-state index contributed by atoms with van der Waals surface area (Å²) in [5, 5.41) is 18.5. The van der Waals surface area contributed by atoms with Crippen LogP contribution in [0.5, 0.6) is 0 Å². The van der Waals surface area contributed by atoms with Gasteiger partial charge in [0.25, 0.3) is 5.91 Å². The third-order valence-electron chi connectivity index (χ3n) is 2.60. The second kappa shape index (κ2) is 4.09. The zero-order valence-corrected chi connectivity index (χ0v) is 8.18. The fourth-order valence-electron chi connectivity index (χ4n) is 1.68. The first kappa shape index (κ1) is 9.65. The monoisotopic (exact) mass is 205 g/mol. The number of nitrogens with zero attached hydrogens (tertiary/aromatic N) is 4. The van der Waals surface area contributed by atoms with Crippen LogP contribution in [0.1, 0.15) is 23.3 Å². The second-order valence-corrected chi connectivity index (χ2v) is 3.55. The van der Waals surface area contributed by atoms with Crippen molar-refractivity contribution < 1.29 is 4.79 Å². The third kappa shape index (κ3) is 1.96. The van der Waals surface area contributed by atoms with E-state index < -0.39 is 0 Å². The maximum Gasteiger partial charge on any atom is 0.276 e. The van der Waals surface area contributed by atoms with Crippen LogP contribution in [-0.4, -0.2) is 39.3 Å².